The number of carbonyl (C=O) groups excluding carboxylic acids is 2. The molecular formula is C23H18F3NO4. The van der Waals surface area contributed by atoms with Crippen molar-refractivity contribution in [1.29, 1.82) is 0 Å². The number of hydrogen-bond donors (Lipinski definition) is 0. The Balaban J connectivity index is 1.83. The summed E-state index contributed by atoms with van der Waals surface area (Å²) in [6, 6.07) is 21.3. The fourth-order valence-corrected chi connectivity index (χ4v) is 2.93. The number of anilines is 1. The summed E-state index contributed by atoms with van der Waals surface area (Å²) in [5.74, 6) is -2.11. The zero-order valence-corrected chi connectivity index (χ0v) is 16.4. The second kappa shape index (κ2) is 9.34. The van der Waals surface area contributed by atoms with Gasteiger partial charge in [0.1, 0.15) is 5.75 Å². The highest BCUT2D eigenvalue weighted by atomic mass is 19.4. The normalized spacial score (nSPS) is 11.0. The summed E-state index contributed by atoms with van der Waals surface area (Å²) in [6.07, 6.45) is -4.75. The molecule has 5 nitrogen and oxygen atoms in total. The fourth-order valence-electron chi connectivity index (χ4n) is 2.93. The van der Waals surface area contributed by atoms with Gasteiger partial charge in [0.05, 0.1) is 13.7 Å². The monoisotopic (exact) mass is 429 g/mol. The van der Waals surface area contributed by atoms with Gasteiger partial charge < -0.3 is 9.47 Å². The number of rotatable bonds is 5. The molecule has 0 heterocycles. The molecule has 0 fully saturated rings. The van der Waals surface area contributed by atoms with Crippen LogP contribution in [-0.4, -0.2) is 25.3 Å². The van der Waals surface area contributed by atoms with Crippen molar-refractivity contribution in [2.75, 3.05) is 12.0 Å². The van der Waals surface area contributed by atoms with Crippen LogP contribution in [0, 0.1) is 0 Å². The molecule has 0 aliphatic rings. The first-order chi connectivity index (χ1) is 14.8. The van der Waals surface area contributed by atoms with Gasteiger partial charge in [0.15, 0.2) is 0 Å². The van der Waals surface area contributed by atoms with E-state index in [2.05, 4.69) is 9.47 Å². The lowest BCUT2D eigenvalue weighted by molar-refractivity contribution is -0.274. The van der Waals surface area contributed by atoms with Gasteiger partial charge in [0, 0.05) is 5.69 Å². The predicted molar refractivity (Wildman–Crippen MR) is 108 cm³/mol. The van der Waals surface area contributed by atoms with E-state index in [0.29, 0.717) is 16.8 Å². The molecule has 0 saturated carbocycles. The first-order valence-corrected chi connectivity index (χ1v) is 9.17. The van der Waals surface area contributed by atoms with Crippen LogP contribution in [0.25, 0.3) is 11.1 Å². The number of ether oxygens (including phenoxy) is 2. The molecular weight excluding hydrogens is 411 g/mol. The topological polar surface area (TPSA) is 55.8 Å². The molecule has 0 aliphatic heterocycles. The van der Waals surface area contributed by atoms with Crippen LogP contribution < -0.4 is 9.64 Å². The molecule has 1 amide bonds. The number of benzene rings is 3. The van der Waals surface area contributed by atoms with Crippen molar-refractivity contribution in [2.45, 2.75) is 12.9 Å². The Bertz CT molecular complexity index is 1030. The average Bonchev–Trinajstić information content (AvgIpc) is 2.77. The molecule has 0 bridgehead atoms. The summed E-state index contributed by atoms with van der Waals surface area (Å²) in [7, 11) is 1.14. The SMILES string of the molecule is COC(=O)C(=O)N(Cc1ccccc1)c1ccc(-c2ccc(OC(F)(F)F)cc2)cc1. The third-order valence-electron chi connectivity index (χ3n) is 4.39. The lowest BCUT2D eigenvalue weighted by Gasteiger charge is -2.22. The van der Waals surface area contributed by atoms with E-state index >= 15 is 0 Å². The molecule has 3 aromatic rings. The number of methoxy groups -OCH3 is 1. The van der Waals surface area contributed by atoms with Crippen molar-refractivity contribution in [3.8, 4) is 16.9 Å². The van der Waals surface area contributed by atoms with E-state index < -0.39 is 18.2 Å². The lowest BCUT2D eigenvalue weighted by Crippen LogP contribution is -2.36. The molecule has 3 rings (SSSR count). The van der Waals surface area contributed by atoms with Gasteiger partial charge in [-0.15, -0.1) is 13.2 Å². The number of nitrogens with zero attached hydrogens (tertiary/aromatic N) is 1. The first kappa shape index (κ1) is 21.9. The van der Waals surface area contributed by atoms with Crippen molar-refractivity contribution in [2.24, 2.45) is 0 Å². The summed E-state index contributed by atoms with van der Waals surface area (Å²) >= 11 is 0. The van der Waals surface area contributed by atoms with Crippen LogP contribution in [-0.2, 0) is 20.9 Å². The van der Waals surface area contributed by atoms with Crippen LogP contribution in [0.3, 0.4) is 0 Å². The number of carbonyl (C=O) groups is 2. The Hall–Kier alpha value is -3.81. The van der Waals surface area contributed by atoms with Gasteiger partial charge in [-0.1, -0.05) is 54.6 Å². The second-order valence-electron chi connectivity index (χ2n) is 6.49. The van der Waals surface area contributed by atoms with Crippen molar-refractivity contribution in [3.63, 3.8) is 0 Å². The number of hydrogen-bond acceptors (Lipinski definition) is 4. The van der Waals surface area contributed by atoms with E-state index in [1.165, 1.54) is 29.2 Å². The Morgan fingerprint density at radius 3 is 1.90 bits per heavy atom. The van der Waals surface area contributed by atoms with Crippen molar-refractivity contribution in [1.82, 2.24) is 0 Å². The number of esters is 1. The number of halogens is 3. The molecule has 0 N–H and O–H groups in total. The van der Waals surface area contributed by atoms with Crippen LogP contribution in [0.4, 0.5) is 18.9 Å². The Labute approximate surface area is 176 Å². The molecule has 160 valence electrons. The zero-order chi connectivity index (χ0) is 22.4. The predicted octanol–water partition coefficient (Wildman–Crippen LogP) is 4.96. The number of amides is 1. The van der Waals surface area contributed by atoms with Gasteiger partial charge >= 0.3 is 18.2 Å². The molecule has 0 aromatic heterocycles. The van der Waals surface area contributed by atoms with E-state index in [1.54, 1.807) is 24.3 Å². The van der Waals surface area contributed by atoms with Crippen LogP contribution in [0.15, 0.2) is 78.9 Å². The van der Waals surface area contributed by atoms with E-state index in [4.69, 9.17) is 0 Å². The van der Waals surface area contributed by atoms with E-state index in [1.807, 2.05) is 30.3 Å². The lowest BCUT2D eigenvalue weighted by atomic mass is 10.0. The van der Waals surface area contributed by atoms with Crippen LogP contribution in [0.5, 0.6) is 5.75 Å². The van der Waals surface area contributed by atoms with Gasteiger partial charge in [-0.2, -0.15) is 0 Å². The minimum absolute atomic E-state index is 0.164. The molecule has 0 radical (unpaired) electrons. The first-order valence-electron chi connectivity index (χ1n) is 9.17. The molecule has 0 spiro atoms. The van der Waals surface area contributed by atoms with Crippen molar-refractivity contribution >= 4 is 17.6 Å². The largest absolute Gasteiger partial charge is 0.573 e. The Morgan fingerprint density at radius 2 is 1.39 bits per heavy atom. The quantitative estimate of drug-likeness (QED) is 0.425. The summed E-state index contributed by atoms with van der Waals surface area (Å²) in [5, 5.41) is 0. The summed E-state index contributed by atoms with van der Waals surface area (Å²) in [4.78, 5) is 25.7. The van der Waals surface area contributed by atoms with E-state index in [9.17, 15) is 22.8 Å². The summed E-state index contributed by atoms with van der Waals surface area (Å²) in [5.41, 5.74) is 2.67. The summed E-state index contributed by atoms with van der Waals surface area (Å²) < 4.78 is 45.3. The van der Waals surface area contributed by atoms with Crippen LogP contribution in [0.1, 0.15) is 5.56 Å². The fraction of sp³-hybridized carbons (Fsp3) is 0.130. The molecule has 3 aromatic carbocycles. The molecule has 0 aliphatic carbocycles. The maximum absolute atomic E-state index is 12.5. The van der Waals surface area contributed by atoms with Crippen molar-refractivity contribution < 1.29 is 32.2 Å². The minimum atomic E-state index is -4.75. The third kappa shape index (κ3) is 5.85. The molecule has 0 saturated heterocycles. The maximum Gasteiger partial charge on any atom is 0.573 e. The molecule has 0 unspecified atom stereocenters. The standard InChI is InChI=1S/C23H18F3NO4/c1-30-22(29)21(28)27(15-16-5-3-2-4-6-16)19-11-7-17(8-12-19)18-9-13-20(14-10-18)31-23(24,25)26/h2-14H,15H2,1H3. The molecule has 31 heavy (non-hydrogen) atoms. The van der Waals surface area contributed by atoms with Crippen molar-refractivity contribution in [3.05, 3.63) is 84.4 Å². The second-order valence-corrected chi connectivity index (χ2v) is 6.49. The van der Waals surface area contributed by atoms with Crippen LogP contribution >= 0.6 is 0 Å². The number of alkyl halides is 3. The van der Waals surface area contributed by atoms with E-state index in [0.717, 1.165) is 12.7 Å². The average molecular weight is 429 g/mol. The third-order valence-corrected chi connectivity index (χ3v) is 4.39. The van der Waals surface area contributed by atoms with E-state index in [-0.39, 0.29) is 12.3 Å². The van der Waals surface area contributed by atoms with Gasteiger partial charge in [0.2, 0.25) is 0 Å². The van der Waals surface area contributed by atoms with Gasteiger partial charge in [-0.25, -0.2) is 4.79 Å². The Kier molecular flexibility index (Phi) is 6.59. The molecule has 8 heteroatoms. The van der Waals surface area contributed by atoms with Gasteiger partial charge in [0.25, 0.3) is 0 Å². The minimum Gasteiger partial charge on any atom is -0.462 e. The van der Waals surface area contributed by atoms with Crippen LogP contribution in [0.2, 0.25) is 0 Å². The Morgan fingerprint density at radius 1 is 0.839 bits per heavy atom. The molecule has 0 atom stereocenters. The summed E-state index contributed by atoms with van der Waals surface area (Å²) in [6.45, 7) is 0.164. The zero-order valence-electron chi connectivity index (χ0n) is 16.4. The van der Waals surface area contributed by atoms with Gasteiger partial charge in [-0.05, 0) is 41.0 Å². The highest BCUT2D eigenvalue weighted by molar-refractivity contribution is 6.38. The highest BCUT2D eigenvalue weighted by Crippen LogP contribution is 2.28. The maximum atomic E-state index is 12.5. The van der Waals surface area contributed by atoms with Gasteiger partial charge in [-0.3, -0.25) is 9.69 Å². The smallest absolute Gasteiger partial charge is 0.462 e. The highest BCUT2D eigenvalue weighted by Gasteiger charge is 2.31.